The van der Waals surface area contributed by atoms with Gasteiger partial charge in [0.25, 0.3) is 0 Å². The van der Waals surface area contributed by atoms with Gasteiger partial charge in [0.2, 0.25) is 5.91 Å². The van der Waals surface area contributed by atoms with Crippen LogP contribution < -0.4 is 5.32 Å². The number of nitrogens with one attached hydrogen (secondary N) is 1. The number of rotatable bonds is 5. The Hall–Kier alpha value is -1.73. The molecule has 3 rings (SSSR count). The van der Waals surface area contributed by atoms with Gasteiger partial charge in [-0.15, -0.1) is 22.7 Å². The molecule has 0 unspecified atom stereocenters. The van der Waals surface area contributed by atoms with Crippen LogP contribution in [-0.2, 0) is 17.8 Å². The third-order valence-corrected chi connectivity index (χ3v) is 5.28. The van der Waals surface area contributed by atoms with E-state index in [1.165, 1.54) is 10.6 Å². The van der Waals surface area contributed by atoms with Crippen LogP contribution in [0.5, 0.6) is 0 Å². The van der Waals surface area contributed by atoms with Gasteiger partial charge in [-0.3, -0.25) is 9.20 Å². The number of thiazole rings is 2. The van der Waals surface area contributed by atoms with E-state index in [-0.39, 0.29) is 5.91 Å². The Labute approximate surface area is 130 Å². The Morgan fingerprint density at radius 1 is 1.38 bits per heavy atom. The van der Waals surface area contributed by atoms with Crippen LogP contribution in [0.25, 0.3) is 4.96 Å². The maximum absolute atomic E-state index is 11.9. The van der Waals surface area contributed by atoms with Crippen molar-refractivity contribution >= 4 is 33.5 Å². The molecule has 0 saturated carbocycles. The Kier molecular flexibility index (Phi) is 4.03. The summed E-state index contributed by atoms with van der Waals surface area (Å²) in [6, 6.07) is 0. The SMILES string of the molecule is Cc1ncsc1CCC(=O)NCc1cn2c(C)csc2n1. The summed E-state index contributed by atoms with van der Waals surface area (Å²) in [5.74, 6) is 0.0517. The van der Waals surface area contributed by atoms with E-state index in [9.17, 15) is 4.79 Å². The second-order valence-electron chi connectivity index (χ2n) is 4.90. The zero-order chi connectivity index (χ0) is 14.8. The molecule has 0 aliphatic heterocycles. The van der Waals surface area contributed by atoms with E-state index < -0.39 is 0 Å². The number of imidazole rings is 1. The van der Waals surface area contributed by atoms with Crippen molar-refractivity contribution in [3.05, 3.63) is 39.0 Å². The van der Waals surface area contributed by atoms with Crippen molar-refractivity contribution in [1.29, 1.82) is 0 Å². The zero-order valence-electron chi connectivity index (χ0n) is 11.9. The fourth-order valence-corrected chi connectivity index (χ4v) is 3.75. The topological polar surface area (TPSA) is 59.3 Å². The molecule has 1 N–H and O–H groups in total. The summed E-state index contributed by atoms with van der Waals surface area (Å²) in [6.07, 6.45) is 3.22. The van der Waals surface area contributed by atoms with E-state index in [0.29, 0.717) is 13.0 Å². The first-order valence-electron chi connectivity index (χ1n) is 6.71. The maximum Gasteiger partial charge on any atom is 0.220 e. The molecule has 7 heteroatoms. The predicted molar refractivity (Wildman–Crippen MR) is 84.8 cm³/mol. The number of fused-ring (bicyclic) bond motifs is 1. The minimum absolute atomic E-state index is 0.0517. The molecule has 21 heavy (non-hydrogen) atoms. The molecule has 0 saturated heterocycles. The number of carbonyl (C=O) groups is 1. The zero-order valence-corrected chi connectivity index (χ0v) is 13.6. The second-order valence-corrected chi connectivity index (χ2v) is 6.68. The molecular weight excluding hydrogens is 304 g/mol. The first-order chi connectivity index (χ1) is 10.1. The van der Waals surface area contributed by atoms with Crippen molar-refractivity contribution in [2.75, 3.05) is 0 Å². The highest BCUT2D eigenvalue weighted by atomic mass is 32.1. The summed E-state index contributed by atoms with van der Waals surface area (Å²) in [5, 5.41) is 5.00. The van der Waals surface area contributed by atoms with Gasteiger partial charge in [-0.05, 0) is 20.3 Å². The van der Waals surface area contributed by atoms with Crippen LogP contribution in [0.1, 0.15) is 28.4 Å². The first-order valence-corrected chi connectivity index (χ1v) is 8.47. The third-order valence-electron chi connectivity index (χ3n) is 3.33. The quantitative estimate of drug-likeness (QED) is 0.786. The lowest BCUT2D eigenvalue weighted by atomic mass is 10.2. The number of carbonyl (C=O) groups excluding carboxylic acids is 1. The van der Waals surface area contributed by atoms with Crippen molar-refractivity contribution in [2.24, 2.45) is 0 Å². The van der Waals surface area contributed by atoms with Crippen molar-refractivity contribution in [2.45, 2.75) is 33.2 Å². The summed E-state index contributed by atoms with van der Waals surface area (Å²) in [4.78, 5) is 22.7. The predicted octanol–water partition coefficient (Wildman–Crippen LogP) is 2.72. The molecule has 3 aromatic heterocycles. The smallest absolute Gasteiger partial charge is 0.220 e. The van der Waals surface area contributed by atoms with E-state index in [1.54, 1.807) is 22.7 Å². The number of nitrogens with zero attached hydrogens (tertiary/aromatic N) is 3. The van der Waals surface area contributed by atoms with Gasteiger partial charge in [0.15, 0.2) is 4.96 Å². The highest BCUT2D eigenvalue weighted by molar-refractivity contribution is 7.15. The summed E-state index contributed by atoms with van der Waals surface area (Å²) in [7, 11) is 0. The highest BCUT2D eigenvalue weighted by Gasteiger charge is 2.08. The van der Waals surface area contributed by atoms with E-state index in [2.05, 4.69) is 20.7 Å². The van der Waals surface area contributed by atoms with Gasteiger partial charge in [0.1, 0.15) is 0 Å². The maximum atomic E-state index is 11.9. The summed E-state index contributed by atoms with van der Waals surface area (Å²) < 4.78 is 2.05. The lowest BCUT2D eigenvalue weighted by Gasteiger charge is -2.02. The van der Waals surface area contributed by atoms with E-state index in [0.717, 1.165) is 22.8 Å². The average Bonchev–Trinajstić information content (AvgIpc) is 3.13. The minimum Gasteiger partial charge on any atom is -0.350 e. The standard InChI is InChI=1S/C14H16N4OS2/c1-9-7-20-14-17-11(6-18(9)14)5-15-13(19)4-3-12-10(2)16-8-21-12/h6-8H,3-5H2,1-2H3,(H,15,19). The van der Waals surface area contributed by atoms with Crippen LogP contribution in [0.3, 0.4) is 0 Å². The monoisotopic (exact) mass is 320 g/mol. The Bertz CT molecular complexity index is 771. The van der Waals surface area contributed by atoms with Crippen LogP contribution in [0.15, 0.2) is 17.1 Å². The second kappa shape index (κ2) is 5.95. The van der Waals surface area contributed by atoms with Crippen LogP contribution in [-0.4, -0.2) is 20.3 Å². The number of aromatic nitrogens is 3. The van der Waals surface area contributed by atoms with Crippen molar-refractivity contribution in [1.82, 2.24) is 19.7 Å². The Balaban J connectivity index is 1.52. The van der Waals surface area contributed by atoms with Gasteiger partial charge in [0, 0.05) is 28.6 Å². The molecular formula is C14H16N4OS2. The van der Waals surface area contributed by atoms with Gasteiger partial charge in [-0.1, -0.05) is 0 Å². The molecule has 0 aromatic carbocycles. The van der Waals surface area contributed by atoms with Gasteiger partial charge in [-0.25, -0.2) is 9.97 Å². The number of hydrogen-bond acceptors (Lipinski definition) is 5. The highest BCUT2D eigenvalue weighted by Crippen LogP contribution is 2.16. The van der Waals surface area contributed by atoms with Crippen molar-refractivity contribution in [3.8, 4) is 0 Å². The molecule has 0 aliphatic rings. The third kappa shape index (κ3) is 3.14. The normalized spacial score (nSPS) is 11.1. The molecule has 0 atom stereocenters. The molecule has 1 amide bonds. The van der Waals surface area contributed by atoms with Crippen LogP contribution in [0.4, 0.5) is 0 Å². The largest absolute Gasteiger partial charge is 0.350 e. The van der Waals surface area contributed by atoms with E-state index >= 15 is 0 Å². The van der Waals surface area contributed by atoms with Gasteiger partial charge in [-0.2, -0.15) is 0 Å². The average molecular weight is 320 g/mol. The first kappa shape index (κ1) is 14.2. The number of aryl methyl sites for hydroxylation is 3. The van der Waals surface area contributed by atoms with E-state index in [1.807, 2.05) is 30.0 Å². The fraction of sp³-hybridized carbons (Fsp3) is 0.357. The molecule has 0 fully saturated rings. The van der Waals surface area contributed by atoms with Crippen molar-refractivity contribution in [3.63, 3.8) is 0 Å². The Morgan fingerprint density at radius 3 is 2.95 bits per heavy atom. The lowest BCUT2D eigenvalue weighted by Crippen LogP contribution is -2.23. The summed E-state index contributed by atoms with van der Waals surface area (Å²) in [6.45, 7) is 4.50. The van der Waals surface area contributed by atoms with Crippen LogP contribution >= 0.6 is 22.7 Å². The molecule has 0 radical (unpaired) electrons. The Morgan fingerprint density at radius 2 is 2.24 bits per heavy atom. The van der Waals surface area contributed by atoms with Gasteiger partial charge in [0.05, 0.1) is 23.4 Å². The molecule has 5 nitrogen and oxygen atoms in total. The van der Waals surface area contributed by atoms with Gasteiger partial charge < -0.3 is 5.32 Å². The lowest BCUT2D eigenvalue weighted by molar-refractivity contribution is -0.121. The molecule has 0 bridgehead atoms. The van der Waals surface area contributed by atoms with E-state index in [4.69, 9.17) is 0 Å². The van der Waals surface area contributed by atoms with Crippen LogP contribution in [0.2, 0.25) is 0 Å². The molecule has 110 valence electrons. The number of hydrogen-bond donors (Lipinski definition) is 1. The molecule has 3 heterocycles. The minimum atomic E-state index is 0.0517. The molecule has 3 aromatic rings. The fourth-order valence-electron chi connectivity index (χ4n) is 2.10. The van der Waals surface area contributed by atoms with Crippen molar-refractivity contribution < 1.29 is 4.79 Å². The van der Waals surface area contributed by atoms with Crippen LogP contribution in [0, 0.1) is 13.8 Å². The summed E-state index contributed by atoms with van der Waals surface area (Å²) in [5.41, 5.74) is 4.91. The molecule has 0 aliphatic carbocycles. The number of amides is 1. The molecule has 0 spiro atoms. The van der Waals surface area contributed by atoms with Gasteiger partial charge >= 0.3 is 0 Å². The summed E-state index contributed by atoms with van der Waals surface area (Å²) >= 11 is 3.22.